The Bertz CT molecular complexity index is 912. The van der Waals surface area contributed by atoms with Crippen molar-refractivity contribution in [1.29, 1.82) is 0 Å². The van der Waals surface area contributed by atoms with Crippen molar-refractivity contribution in [2.75, 3.05) is 165 Å². The van der Waals surface area contributed by atoms with Gasteiger partial charge in [0.05, 0.1) is 170 Å². The van der Waals surface area contributed by atoms with Gasteiger partial charge in [-0.05, 0) is 12.1 Å². The Morgan fingerprint density at radius 3 is 0.902 bits per heavy atom. The number of rotatable bonds is 41. The summed E-state index contributed by atoms with van der Waals surface area (Å²) < 4.78 is 70.3. The predicted molar refractivity (Wildman–Crippen MR) is 181 cm³/mol. The molecule has 0 aliphatic heterocycles. The Hall–Kier alpha value is -2.59. The van der Waals surface area contributed by atoms with Crippen molar-refractivity contribution in [3.8, 4) is 5.75 Å². The second kappa shape index (κ2) is 37.2. The smallest absolute Gasteiger partial charge is 0.305 e. The van der Waals surface area contributed by atoms with Gasteiger partial charge >= 0.3 is 5.97 Å². The standard InChI is InChI=1S/C33H57NO17/c35-33(36)5-6-39-7-8-40-9-10-41-11-12-42-13-14-43-15-16-44-17-18-45-19-20-46-21-22-47-23-24-48-25-26-49-27-28-50-29-30-51-32-3-1-31(2-4-32)34(37)38/h1-4H,5-30H2,(H,35,36). The number of nitro benzene ring substituents is 1. The molecule has 0 spiro atoms. The monoisotopic (exact) mass is 739 g/mol. The van der Waals surface area contributed by atoms with Crippen LogP contribution in [0.2, 0.25) is 0 Å². The number of nitro groups is 1. The van der Waals surface area contributed by atoms with E-state index in [1.165, 1.54) is 12.1 Å². The van der Waals surface area contributed by atoms with Crippen LogP contribution in [-0.4, -0.2) is 181 Å². The highest BCUT2D eigenvalue weighted by atomic mass is 16.6. The number of hydrogen-bond acceptors (Lipinski definition) is 16. The third kappa shape index (κ3) is 34.3. The van der Waals surface area contributed by atoms with Crippen molar-refractivity contribution in [2.45, 2.75) is 6.42 Å². The lowest BCUT2D eigenvalue weighted by molar-refractivity contribution is -0.384. The highest BCUT2D eigenvalue weighted by Crippen LogP contribution is 2.17. The molecule has 1 aromatic carbocycles. The van der Waals surface area contributed by atoms with Gasteiger partial charge in [-0.2, -0.15) is 0 Å². The lowest BCUT2D eigenvalue weighted by atomic mass is 10.3. The molecular formula is C33H57NO17. The maximum absolute atomic E-state index is 10.6. The Labute approximate surface area is 299 Å². The first-order valence-corrected chi connectivity index (χ1v) is 17.1. The largest absolute Gasteiger partial charge is 0.491 e. The van der Waals surface area contributed by atoms with Crippen LogP contribution >= 0.6 is 0 Å². The lowest BCUT2D eigenvalue weighted by Gasteiger charge is -2.09. The molecule has 0 heterocycles. The van der Waals surface area contributed by atoms with Crippen molar-refractivity contribution < 1.29 is 76.4 Å². The molecule has 0 saturated carbocycles. The van der Waals surface area contributed by atoms with Crippen LogP contribution in [0.25, 0.3) is 0 Å². The molecular weight excluding hydrogens is 682 g/mol. The molecule has 1 rings (SSSR count). The topological polar surface area (TPSA) is 200 Å². The number of hydrogen-bond donors (Lipinski definition) is 1. The van der Waals surface area contributed by atoms with Crippen LogP contribution in [0.4, 0.5) is 5.69 Å². The van der Waals surface area contributed by atoms with E-state index in [0.717, 1.165) is 0 Å². The average Bonchev–Trinajstić information content (AvgIpc) is 3.12. The number of aliphatic carboxylic acids is 1. The summed E-state index contributed by atoms with van der Waals surface area (Å²) in [5.74, 6) is -0.330. The van der Waals surface area contributed by atoms with E-state index in [9.17, 15) is 14.9 Å². The van der Waals surface area contributed by atoms with Gasteiger partial charge in [0.1, 0.15) is 12.4 Å². The van der Waals surface area contributed by atoms with Crippen molar-refractivity contribution in [1.82, 2.24) is 0 Å². The molecule has 296 valence electrons. The number of non-ortho nitro benzene ring substituents is 1. The van der Waals surface area contributed by atoms with E-state index in [1.54, 1.807) is 12.1 Å². The van der Waals surface area contributed by atoms with Crippen molar-refractivity contribution in [3.63, 3.8) is 0 Å². The van der Waals surface area contributed by atoms with Gasteiger partial charge in [0.15, 0.2) is 0 Å². The maximum atomic E-state index is 10.6. The molecule has 0 bridgehead atoms. The van der Waals surface area contributed by atoms with E-state index in [1.807, 2.05) is 0 Å². The van der Waals surface area contributed by atoms with E-state index >= 15 is 0 Å². The van der Waals surface area contributed by atoms with E-state index in [2.05, 4.69) is 0 Å². The summed E-state index contributed by atoms with van der Waals surface area (Å²) in [7, 11) is 0. The van der Waals surface area contributed by atoms with E-state index in [0.29, 0.717) is 164 Å². The molecule has 0 amide bonds. The molecule has 0 aromatic heterocycles. The Kier molecular flexibility index (Phi) is 33.8. The number of carbonyl (C=O) groups is 1. The minimum Gasteiger partial charge on any atom is -0.491 e. The highest BCUT2D eigenvalue weighted by molar-refractivity contribution is 5.66. The summed E-state index contributed by atoms with van der Waals surface area (Å²) in [5, 5.41) is 19.1. The maximum Gasteiger partial charge on any atom is 0.305 e. The van der Waals surface area contributed by atoms with Crippen LogP contribution in [-0.2, 0) is 61.6 Å². The van der Waals surface area contributed by atoms with Gasteiger partial charge in [-0.1, -0.05) is 0 Å². The Balaban J connectivity index is 1.64. The number of nitrogens with zero attached hydrogens (tertiary/aromatic N) is 1. The fourth-order valence-electron chi connectivity index (χ4n) is 3.56. The van der Waals surface area contributed by atoms with Crippen LogP contribution in [0.5, 0.6) is 5.75 Å². The second-order valence-corrected chi connectivity index (χ2v) is 10.1. The second-order valence-electron chi connectivity index (χ2n) is 10.1. The molecule has 1 aromatic rings. The fraction of sp³-hybridized carbons (Fsp3) is 0.788. The van der Waals surface area contributed by atoms with Gasteiger partial charge in [0.25, 0.3) is 5.69 Å². The Morgan fingerprint density at radius 1 is 0.431 bits per heavy atom. The average molecular weight is 740 g/mol. The molecule has 18 heteroatoms. The summed E-state index contributed by atoms with van der Waals surface area (Å²) in [6, 6.07) is 5.89. The first-order valence-electron chi connectivity index (χ1n) is 17.1. The van der Waals surface area contributed by atoms with E-state index < -0.39 is 10.9 Å². The van der Waals surface area contributed by atoms with Crippen LogP contribution < -0.4 is 4.74 Å². The van der Waals surface area contributed by atoms with Gasteiger partial charge in [0, 0.05) is 12.1 Å². The predicted octanol–water partition coefficient (Wildman–Crippen LogP) is 1.65. The SMILES string of the molecule is O=C(O)CCOCCOCCOCCOCCOCCOCCOCCOCCOCCOCCOCCOCCOc1ccc([N+](=O)[O-])cc1. The molecule has 0 saturated heterocycles. The summed E-state index contributed by atoms with van der Waals surface area (Å²) in [4.78, 5) is 20.5. The number of ether oxygens (including phenoxy) is 13. The van der Waals surface area contributed by atoms with E-state index in [4.69, 9.17) is 66.7 Å². The van der Waals surface area contributed by atoms with Gasteiger partial charge in [-0.15, -0.1) is 0 Å². The van der Waals surface area contributed by atoms with Gasteiger partial charge in [-0.25, -0.2) is 0 Å². The summed E-state index contributed by atoms with van der Waals surface area (Å²) >= 11 is 0. The molecule has 18 nitrogen and oxygen atoms in total. The zero-order valence-corrected chi connectivity index (χ0v) is 29.6. The molecule has 0 aliphatic carbocycles. The normalized spacial score (nSPS) is 11.3. The van der Waals surface area contributed by atoms with E-state index in [-0.39, 0.29) is 18.7 Å². The summed E-state index contributed by atoms with van der Waals surface area (Å²) in [5.41, 5.74) is 0.0205. The first kappa shape index (κ1) is 46.4. The fourth-order valence-corrected chi connectivity index (χ4v) is 3.56. The molecule has 0 fully saturated rings. The van der Waals surface area contributed by atoms with Crippen molar-refractivity contribution in [3.05, 3.63) is 34.4 Å². The zero-order chi connectivity index (χ0) is 36.7. The number of carboxylic acids is 1. The molecule has 0 aliphatic rings. The number of carboxylic acid groups (broad SMARTS) is 1. The number of benzene rings is 1. The van der Waals surface area contributed by atoms with Crippen LogP contribution in [0, 0.1) is 10.1 Å². The third-order valence-corrected chi connectivity index (χ3v) is 6.10. The zero-order valence-electron chi connectivity index (χ0n) is 29.6. The first-order chi connectivity index (χ1) is 25.1. The molecule has 1 N–H and O–H groups in total. The van der Waals surface area contributed by atoms with Crippen LogP contribution in [0.1, 0.15) is 6.42 Å². The molecule has 51 heavy (non-hydrogen) atoms. The van der Waals surface area contributed by atoms with Crippen molar-refractivity contribution >= 4 is 11.7 Å². The van der Waals surface area contributed by atoms with Crippen LogP contribution in [0.15, 0.2) is 24.3 Å². The van der Waals surface area contributed by atoms with Crippen LogP contribution in [0.3, 0.4) is 0 Å². The highest BCUT2D eigenvalue weighted by Gasteiger charge is 2.04. The minimum absolute atomic E-state index is 0.00891. The lowest BCUT2D eigenvalue weighted by Crippen LogP contribution is -2.15. The minimum atomic E-state index is -0.880. The van der Waals surface area contributed by atoms with Crippen molar-refractivity contribution in [2.24, 2.45) is 0 Å². The summed E-state index contributed by atoms with van der Waals surface area (Å²) in [6.07, 6.45) is -0.00891. The molecule has 0 unspecified atom stereocenters. The molecule has 0 atom stereocenters. The summed E-state index contributed by atoms with van der Waals surface area (Å²) in [6.45, 7) is 10.9. The third-order valence-electron chi connectivity index (χ3n) is 6.10. The van der Waals surface area contributed by atoms with Gasteiger partial charge in [0.2, 0.25) is 0 Å². The quantitative estimate of drug-likeness (QED) is 0.0577. The molecule has 0 radical (unpaired) electrons. The Morgan fingerprint density at radius 2 is 0.667 bits per heavy atom. The van der Waals surface area contributed by atoms with Gasteiger partial charge in [-0.3, -0.25) is 14.9 Å². The van der Waals surface area contributed by atoms with Gasteiger partial charge < -0.3 is 66.7 Å².